The molecule has 0 aliphatic carbocycles. The molecule has 5 nitrogen and oxygen atoms in total. The Morgan fingerprint density at radius 1 is 1.29 bits per heavy atom. The van der Waals surface area contributed by atoms with Crippen molar-refractivity contribution in [2.75, 3.05) is 28.2 Å². The Hall–Kier alpha value is -1.65. The second-order valence-corrected chi connectivity index (χ2v) is 4.85. The molecule has 120 valence electrons. The van der Waals surface area contributed by atoms with Gasteiger partial charge in [-0.3, -0.25) is 0 Å². The van der Waals surface area contributed by atoms with E-state index < -0.39 is 7.25 Å². The van der Waals surface area contributed by atoms with E-state index in [-0.39, 0.29) is 0 Å². The van der Waals surface area contributed by atoms with Gasteiger partial charge in [0.05, 0.1) is 28.2 Å². The predicted molar refractivity (Wildman–Crippen MR) is 73.3 cm³/mol. The molecule has 0 bridgehead atoms. The summed E-state index contributed by atoms with van der Waals surface area (Å²) >= 11 is 1.04. The number of hydrogen-bond acceptors (Lipinski definition) is 3. The van der Waals surface area contributed by atoms with Crippen molar-refractivity contribution in [3.63, 3.8) is 0 Å². The first kappa shape index (κ1) is 19.4. The average molecular weight is 329 g/mol. The van der Waals surface area contributed by atoms with Crippen LogP contribution in [0.5, 0.6) is 0 Å². The number of halogens is 4. The molecule has 0 saturated carbocycles. The minimum absolute atomic E-state index is 0.503. The molecule has 0 atom stereocenters. The van der Waals surface area contributed by atoms with Crippen LogP contribution in [0.4, 0.5) is 17.3 Å². The minimum Gasteiger partial charge on any atom is -0.618 e. The Bertz CT molecular complexity index is 476. The van der Waals surface area contributed by atoms with Crippen LogP contribution in [0.3, 0.4) is 0 Å². The van der Waals surface area contributed by atoms with Crippen molar-refractivity contribution in [2.45, 2.75) is 5.03 Å². The van der Waals surface area contributed by atoms with E-state index in [9.17, 15) is 22.5 Å². The van der Waals surface area contributed by atoms with Gasteiger partial charge in [-0.1, -0.05) is 0 Å². The molecule has 11 heteroatoms. The lowest BCUT2D eigenvalue weighted by atomic mass is 10.3. The Morgan fingerprint density at radius 3 is 2.19 bits per heavy atom. The molecule has 1 aromatic heterocycles. The van der Waals surface area contributed by atoms with Crippen molar-refractivity contribution in [1.29, 1.82) is 0 Å². The zero-order chi connectivity index (χ0) is 16.6. The lowest BCUT2D eigenvalue weighted by Gasteiger charge is -2.09. The summed E-state index contributed by atoms with van der Waals surface area (Å²) in [6.45, 7) is 0. The molecule has 0 N–H and O–H groups in total. The van der Waals surface area contributed by atoms with E-state index in [1.54, 1.807) is 18.2 Å². The fourth-order valence-electron chi connectivity index (χ4n) is 1.11. The van der Waals surface area contributed by atoms with Crippen LogP contribution in [0.2, 0.25) is 0 Å². The molecule has 1 heterocycles. The summed E-state index contributed by atoms with van der Waals surface area (Å²) in [4.78, 5) is 1.84. The monoisotopic (exact) mass is 329 g/mol. The van der Waals surface area contributed by atoms with E-state index in [2.05, 4.69) is 0 Å². The molecule has 0 amide bonds. The summed E-state index contributed by atoms with van der Waals surface area (Å²) < 4.78 is 47.1. The normalized spacial score (nSPS) is 10.3. The highest BCUT2D eigenvalue weighted by atomic mass is 32.2. The Morgan fingerprint density at radius 2 is 1.81 bits per heavy atom. The largest absolute Gasteiger partial charge is 0.673 e. The standard InChI is InChI=1S/C10H16N3O2S.BF4/c1-11(2)10(12(3)4)15-16-9-7-5-6-8-13(9)14;2-1(3,4)5/h5-8H,1-4H3;/q+1;-1. The minimum atomic E-state index is -6.00. The van der Waals surface area contributed by atoms with E-state index in [0.717, 1.165) is 16.8 Å². The molecule has 0 aromatic carbocycles. The smallest absolute Gasteiger partial charge is 0.618 e. The van der Waals surface area contributed by atoms with Gasteiger partial charge >= 0.3 is 13.3 Å². The Balaban J connectivity index is 0.000000690. The van der Waals surface area contributed by atoms with Gasteiger partial charge in [-0.05, 0) is 6.07 Å². The van der Waals surface area contributed by atoms with Gasteiger partial charge in [0.1, 0.15) is 0 Å². The van der Waals surface area contributed by atoms with Crippen LogP contribution in [-0.2, 0) is 4.18 Å². The summed E-state index contributed by atoms with van der Waals surface area (Å²) in [5.74, 6) is 0. The van der Waals surface area contributed by atoms with Crippen LogP contribution in [0.15, 0.2) is 29.4 Å². The fourth-order valence-corrected chi connectivity index (χ4v) is 1.83. The van der Waals surface area contributed by atoms with E-state index in [1.165, 1.54) is 6.20 Å². The number of nitrogens with zero attached hydrogens (tertiary/aromatic N) is 3. The third-order valence-corrected chi connectivity index (χ3v) is 2.47. The maximum absolute atomic E-state index is 11.4. The summed E-state index contributed by atoms with van der Waals surface area (Å²) in [6.07, 6.45) is 1.44. The van der Waals surface area contributed by atoms with Crippen LogP contribution in [0, 0.1) is 5.21 Å². The maximum Gasteiger partial charge on any atom is 0.673 e. The highest BCUT2D eigenvalue weighted by Crippen LogP contribution is 2.14. The molecule has 0 fully saturated rings. The zero-order valence-electron chi connectivity index (χ0n) is 12.0. The lowest BCUT2D eigenvalue weighted by Crippen LogP contribution is -2.32. The van der Waals surface area contributed by atoms with E-state index >= 15 is 0 Å². The van der Waals surface area contributed by atoms with Crippen LogP contribution < -0.4 is 4.73 Å². The second-order valence-electron chi connectivity index (χ2n) is 4.10. The molecule has 0 spiro atoms. The van der Waals surface area contributed by atoms with Crippen LogP contribution in [-0.4, -0.2) is 50.9 Å². The highest BCUT2D eigenvalue weighted by molar-refractivity contribution is 7.94. The molecular formula is C10H16BF4N3O2S. The average Bonchev–Trinajstić information content (AvgIpc) is 2.28. The molecule has 0 saturated heterocycles. The van der Waals surface area contributed by atoms with Gasteiger partial charge in [-0.2, -0.15) is 4.73 Å². The van der Waals surface area contributed by atoms with Gasteiger partial charge in [0, 0.05) is 12.1 Å². The first-order valence-corrected chi connectivity index (χ1v) is 6.38. The molecule has 0 aliphatic rings. The Labute approximate surface area is 124 Å². The number of pyridine rings is 1. The molecule has 0 unspecified atom stereocenters. The summed E-state index contributed by atoms with van der Waals surface area (Å²) in [7, 11) is 1.52. The molecule has 21 heavy (non-hydrogen) atoms. The first-order valence-electron chi connectivity index (χ1n) is 5.64. The van der Waals surface area contributed by atoms with Crippen LogP contribution in [0.25, 0.3) is 0 Å². The fraction of sp³-hybridized carbons (Fsp3) is 0.400. The van der Waals surface area contributed by atoms with Crippen molar-refractivity contribution in [1.82, 2.24) is 4.90 Å². The SMILES string of the molecule is CN(C)C(OSc1cccc[n+]1[O-])=[N+](C)C.F[B-](F)(F)F. The third kappa shape index (κ3) is 9.82. The van der Waals surface area contributed by atoms with Gasteiger partial charge in [-0.25, -0.2) is 9.48 Å². The third-order valence-electron chi connectivity index (χ3n) is 1.76. The second kappa shape index (κ2) is 8.60. The van der Waals surface area contributed by atoms with Gasteiger partial charge in [-0.15, -0.1) is 0 Å². The molecule has 0 aliphatic heterocycles. The van der Waals surface area contributed by atoms with Crippen LogP contribution >= 0.6 is 12.0 Å². The predicted octanol–water partition coefficient (Wildman–Crippen LogP) is 1.83. The van der Waals surface area contributed by atoms with Gasteiger partial charge in [0.25, 0.3) is 5.03 Å². The van der Waals surface area contributed by atoms with E-state index in [0.29, 0.717) is 11.0 Å². The lowest BCUT2D eigenvalue weighted by molar-refractivity contribution is -0.645. The van der Waals surface area contributed by atoms with E-state index in [4.69, 9.17) is 4.18 Å². The van der Waals surface area contributed by atoms with Crippen LogP contribution in [0.1, 0.15) is 0 Å². The summed E-state index contributed by atoms with van der Waals surface area (Å²) in [5, 5.41) is 11.9. The van der Waals surface area contributed by atoms with Crippen molar-refractivity contribution in [3.05, 3.63) is 29.6 Å². The number of amidine groups is 1. The van der Waals surface area contributed by atoms with Crippen molar-refractivity contribution < 1.29 is 30.8 Å². The van der Waals surface area contributed by atoms with E-state index in [1.807, 2.05) is 37.7 Å². The summed E-state index contributed by atoms with van der Waals surface area (Å²) in [6, 6.07) is 5.86. The zero-order valence-corrected chi connectivity index (χ0v) is 12.8. The highest BCUT2D eigenvalue weighted by Gasteiger charge is 2.20. The number of hydrogen-bond donors (Lipinski definition) is 0. The molecule has 1 aromatic rings. The van der Waals surface area contributed by atoms with Crippen molar-refractivity contribution in [3.8, 4) is 0 Å². The summed E-state index contributed by atoms with van der Waals surface area (Å²) in [5.41, 5.74) is 0. The van der Waals surface area contributed by atoms with Crippen molar-refractivity contribution in [2.24, 2.45) is 0 Å². The topological polar surface area (TPSA) is 42.4 Å². The van der Waals surface area contributed by atoms with Crippen molar-refractivity contribution >= 4 is 25.3 Å². The Kier molecular flexibility index (Phi) is 7.93. The van der Waals surface area contributed by atoms with Gasteiger partial charge < -0.3 is 26.7 Å². The molecular weight excluding hydrogens is 313 g/mol. The number of aromatic nitrogens is 1. The van der Waals surface area contributed by atoms with Gasteiger partial charge in [0.15, 0.2) is 18.2 Å². The first-order chi connectivity index (χ1) is 9.52. The molecule has 0 radical (unpaired) electrons. The van der Waals surface area contributed by atoms with Gasteiger partial charge in [0.2, 0.25) is 0 Å². The number of rotatable bonds is 2. The maximum atomic E-state index is 11.4. The molecule has 1 rings (SSSR count). The quantitative estimate of drug-likeness (QED) is 0.158.